The minimum Gasteiger partial charge on any atom is -0.492 e. The molecule has 5 heteroatoms. The van der Waals surface area contributed by atoms with Crippen LogP contribution in [-0.2, 0) is 4.74 Å². The molecule has 0 radical (unpaired) electrons. The summed E-state index contributed by atoms with van der Waals surface area (Å²) in [5.74, 6) is 1.71. The number of hydrogen-bond acceptors (Lipinski definition) is 3. The van der Waals surface area contributed by atoms with Gasteiger partial charge in [0.05, 0.1) is 30.1 Å². The van der Waals surface area contributed by atoms with Crippen molar-refractivity contribution in [1.29, 1.82) is 0 Å². The van der Waals surface area contributed by atoms with Crippen LogP contribution in [0.25, 0.3) is 11.0 Å². The summed E-state index contributed by atoms with van der Waals surface area (Å²) in [6, 6.07) is 6.35. The van der Waals surface area contributed by atoms with E-state index in [4.69, 9.17) is 26.1 Å². The number of rotatable bonds is 4. The third-order valence-corrected chi connectivity index (χ3v) is 3.83. The zero-order valence-corrected chi connectivity index (χ0v) is 12.6. The van der Waals surface area contributed by atoms with Gasteiger partial charge >= 0.3 is 0 Å². The first kappa shape index (κ1) is 13.7. The summed E-state index contributed by atoms with van der Waals surface area (Å²) in [6.45, 7) is 6.08. The molecule has 1 aliphatic heterocycles. The van der Waals surface area contributed by atoms with E-state index >= 15 is 0 Å². The largest absolute Gasteiger partial charge is 0.492 e. The van der Waals surface area contributed by atoms with Crippen molar-refractivity contribution < 1.29 is 9.47 Å². The van der Waals surface area contributed by atoms with Crippen LogP contribution in [-0.4, -0.2) is 29.4 Å². The molecule has 108 valence electrons. The van der Waals surface area contributed by atoms with Crippen LogP contribution in [0.15, 0.2) is 18.2 Å². The van der Waals surface area contributed by atoms with E-state index in [2.05, 4.69) is 10.6 Å². The van der Waals surface area contributed by atoms with Crippen molar-refractivity contribution in [3.05, 3.63) is 24.0 Å². The SMILES string of the molecule is CCOc1cccc2c1nc(C(C)Cl)n2C1CCOC1. The van der Waals surface area contributed by atoms with Gasteiger partial charge in [0.15, 0.2) is 0 Å². The molecule has 0 N–H and O–H groups in total. The third kappa shape index (κ3) is 2.27. The average Bonchev–Trinajstić information content (AvgIpc) is 3.05. The first-order valence-corrected chi connectivity index (χ1v) is 7.51. The van der Waals surface area contributed by atoms with Gasteiger partial charge in [-0.05, 0) is 32.4 Å². The van der Waals surface area contributed by atoms with Gasteiger partial charge < -0.3 is 14.0 Å². The van der Waals surface area contributed by atoms with E-state index in [1.807, 2.05) is 26.0 Å². The van der Waals surface area contributed by atoms with Crippen LogP contribution in [0.4, 0.5) is 0 Å². The molecule has 0 amide bonds. The Kier molecular flexibility index (Phi) is 3.85. The summed E-state index contributed by atoms with van der Waals surface area (Å²) < 4.78 is 13.4. The van der Waals surface area contributed by atoms with Crippen LogP contribution in [0, 0.1) is 0 Å². The van der Waals surface area contributed by atoms with Gasteiger partial charge in [-0.3, -0.25) is 0 Å². The normalized spacial score (nSPS) is 20.4. The summed E-state index contributed by atoms with van der Waals surface area (Å²) in [6.07, 6.45) is 1.00. The van der Waals surface area contributed by atoms with Crippen LogP contribution in [0.1, 0.15) is 37.5 Å². The Morgan fingerprint density at radius 1 is 1.55 bits per heavy atom. The summed E-state index contributed by atoms with van der Waals surface area (Å²) in [7, 11) is 0. The van der Waals surface area contributed by atoms with Gasteiger partial charge in [-0.15, -0.1) is 11.6 Å². The number of ether oxygens (including phenoxy) is 2. The lowest BCUT2D eigenvalue weighted by atomic mass is 10.2. The maximum atomic E-state index is 6.32. The van der Waals surface area contributed by atoms with E-state index in [1.54, 1.807) is 0 Å². The molecule has 2 atom stereocenters. The van der Waals surface area contributed by atoms with Crippen LogP contribution < -0.4 is 4.74 Å². The number of aromatic nitrogens is 2. The number of alkyl halides is 1. The van der Waals surface area contributed by atoms with Crippen molar-refractivity contribution in [1.82, 2.24) is 9.55 Å². The molecule has 2 aromatic rings. The van der Waals surface area contributed by atoms with Gasteiger partial charge in [0.1, 0.15) is 17.1 Å². The predicted octanol–water partition coefficient (Wildman–Crippen LogP) is 3.70. The molecular weight excluding hydrogens is 276 g/mol. The molecule has 0 saturated carbocycles. The third-order valence-electron chi connectivity index (χ3n) is 3.64. The summed E-state index contributed by atoms with van der Waals surface area (Å²) in [5, 5.41) is -0.141. The lowest BCUT2D eigenvalue weighted by Gasteiger charge is -2.16. The number of nitrogens with zero attached hydrogens (tertiary/aromatic N) is 2. The fourth-order valence-electron chi connectivity index (χ4n) is 2.77. The number of halogens is 1. The van der Waals surface area contributed by atoms with Gasteiger partial charge in [-0.1, -0.05) is 6.07 Å². The second kappa shape index (κ2) is 5.62. The second-order valence-corrected chi connectivity index (χ2v) is 5.68. The van der Waals surface area contributed by atoms with E-state index in [-0.39, 0.29) is 5.38 Å². The molecule has 1 aromatic heterocycles. The zero-order chi connectivity index (χ0) is 14.1. The minimum absolute atomic E-state index is 0.141. The topological polar surface area (TPSA) is 36.3 Å². The quantitative estimate of drug-likeness (QED) is 0.807. The van der Waals surface area contributed by atoms with E-state index < -0.39 is 0 Å². The molecule has 3 rings (SSSR count). The number of imidazole rings is 1. The lowest BCUT2D eigenvalue weighted by Crippen LogP contribution is -2.12. The van der Waals surface area contributed by atoms with Crippen LogP contribution in [0.3, 0.4) is 0 Å². The Labute approximate surface area is 123 Å². The highest BCUT2D eigenvalue weighted by Crippen LogP contribution is 2.34. The van der Waals surface area contributed by atoms with Crippen molar-refractivity contribution in [2.24, 2.45) is 0 Å². The minimum atomic E-state index is -0.141. The van der Waals surface area contributed by atoms with Crippen molar-refractivity contribution >= 4 is 22.6 Å². The highest BCUT2D eigenvalue weighted by atomic mass is 35.5. The van der Waals surface area contributed by atoms with Gasteiger partial charge in [0.25, 0.3) is 0 Å². The Morgan fingerprint density at radius 2 is 2.40 bits per heavy atom. The van der Waals surface area contributed by atoms with E-state index in [1.165, 1.54) is 0 Å². The molecule has 0 spiro atoms. The first-order chi connectivity index (χ1) is 9.72. The first-order valence-electron chi connectivity index (χ1n) is 7.07. The summed E-state index contributed by atoms with van der Waals surface area (Å²) in [4.78, 5) is 4.73. The highest BCUT2D eigenvalue weighted by Gasteiger charge is 2.26. The maximum absolute atomic E-state index is 6.32. The van der Waals surface area contributed by atoms with Crippen molar-refractivity contribution in [3.63, 3.8) is 0 Å². The van der Waals surface area contributed by atoms with Crippen LogP contribution >= 0.6 is 11.6 Å². The van der Waals surface area contributed by atoms with Gasteiger partial charge in [-0.2, -0.15) is 0 Å². The molecule has 1 aliphatic rings. The molecule has 0 bridgehead atoms. The van der Waals surface area contributed by atoms with Gasteiger partial charge in [0.2, 0.25) is 0 Å². The number of benzene rings is 1. The van der Waals surface area contributed by atoms with E-state index in [9.17, 15) is 0 Å². The second-order valence-electron chi connectivity index (χ2n) is 5.03. The van der Waals surface area contributed by atoms with Crippen molar-refractivity contribution in [2.45, 2.75) is 31.7 Å². The zero-order valence-electron chi connectivity index (χ0n) is 11.8. The molecule has 2 heterocycles. The fourth-order valence-corrected chi connectivity index (χ4v) is 2.93. The number of hydrogen-bond donors (Lipinski definition) is 0. The molecular formula is C15H19ClN2O2. The molecule has 20 heavy (non-hydrogen) atoms. The average molecular weight is 295 g/mol. The Hall–Kier alpha value is -1.26. The smallest absolute Gasteiger partial charge is 0.147 e. The fraction of sp³-hybridized carbons (Fsp3) is 0.533. The van der Waals surface area contributed by atoms with Gasteiger partial charge in [0, 0.05) is 6.61 Å². The monoisotopic (exact) mass is 294 g/mol. The Balaban J connectivity index is 2.19. The van der Waals surface area contributed by atoms with Crippen LogP contribution in [0.2, 0.25) is 0 Å². The standard InChI is InChI=1S/C15H19ClN2O2/c1-3-20-13-6-4-5-12-14(13)17-15(10(2)16)18(12)11-7-8-19-9-11/h4-6,10-11H,3,7-9H2,1-2H3. The summed E-state index contributed by atoms with van der Waals surface area (Å²) >= 11 is 6.32. The van der Waals surface area contributed by atoms with Gasteiger partial charge in [-0.25, -0.2) is 4.98 Å². The van der Waals surface area contributed by atoms with Crippen LogP contribution in [0.5, 0.6) is 5.75 Å². The summed E-state index contributed by atoms with van der Waals surface area (Å²) in [5.41, 5.74) is 1.97. The Morgan fingerprint density at radius 3 is 3.05 bits per heavy atom. The van der Waals surface area contributed by atoms with E-state index in [0.717, 1.165) is 42.2 Å². The van der Waals surface area contributed by atoms with E-state index in [0.29, 0.717) is 12.6 Å². The highest BCUT2D eigenvalue weighted by molar-refractivity contribution is 6.20. The molecule has 1 aromatic carbocycles. The van der Waals surface area contributed by atoms with Crippen molar-refractivity contribution in [2.75, 3.05) is 19.8 Å². The molecule has 0 aliphatic carbocycles. The number of para-hydroxylation sites is 1. The predicted molar refractivity (Wildman–Crippen MR) is 79.6 cm³/mol. The Bertz CT molecular complexity index is 603. The van der Waals surface area contributed by atoms with Crippen molar-refractivity contribution in [3.8, 4) is 5.75 Å². The molecule has 2 unspecified atom stereocenters. The molecule has 4 nitrogen and oxygen atoms in total. The lowest BCUT2D eigenvalue weighted by molar-refractivity contribution is 0.186. The molecule has 1 saturated heterocycles. The maximum Gasteiger partial charge on any atom is 0.147 e. The number of fused-ring (bicyclic) bond motifs is 1. The molecule has 1 fully saturated rings.